The summed E-state index contributed by atoms with van der Waals surface area (Å²) in [5, 5.41) is 1.90. The van der Waals surface area contributed by atoms with E-state index in [1.807, 2.05) is 26.2 Å². The average molecular weight is 186 g/mol. The van der Waals surface area contributed by atoms with Crippen LogP contribution in [0.3, 0.4) is 0 Å². The van der Waals surface area contributed by atoms with Crippen molar-refractivity contribution in [2.45, 2.75) is 34.1 Å². The lowest BCUT2D eigenvalue weighted by Crippen LogP contribution is -2.17. The SMILES string of the molecule is CCCSC=CC(=O)C(C)(C)C. The van der Waals surface area contributed by atoms with Gasteiger partial charge in [-0.3, -0.25) is 4.79 Å². The number of carbonyl (C=O) groups is 1. The molecule has 0 aliphatic rings. The Morgan fingerprint density at radius 3 is 2.42 bits per heavy atom. The Morgan fingerprint density at radius 2 is 2.00 bits per heavy atom. The molecule has 0 saturated heterocycles. The predicted molar refractivity (Wildman–Crippen MR) is 56.4 cm³/mol. The Bertz CT molecular complexity index is 165. The van der Waals surface area contributed by atoms with E-state index in [0.29, 0.717) is 0 Å². The Morgan fingerprint density at radius 1 is 1.42 bits per heavy atom. The normalized spacial score (nSPS) is 12.3. The van der Waals surface area contributed by atoms with Crippen LogP contribution in [0.4, 0.5) is 0 Å². The lowest BCUT2D eigenvalue weighted by Gasteiger charge is -2.12. The molecule has 0 atom stereocenters. The summed E-state index contributed by atoms with van der Waals surface area (Å²) in [7, 11) is 0. The van der Waals surface area contributed by atoms with Gasteiger partial charge in [-0.25, -0.2) is 0 Å². The van der Waals surface area contributed by atoms with Crippen LogP contribution in [0.25, 0.3) is 0 Å². The molecule has 0 radical (unpaired) electrons. The topological polar surface area (TPSA) is 17.1 Å². The fourth-order valence-electron chi connectivity index (χ4n) is 0.546. The van der Waals surface area contributed by atoms with E-state index in [1.54, 1.807) is 17.8 Å². The average Bonchev–Trinajstić information content (AvgIpc) is 1.96. The second-order valence-corrected chi connectivity index (χ2v) is 4.80. The van der Waals surface area contributed by atoms with Gasteiger partial charge < -0.3 is 0 Å². The van der Waals surface area contributed by atoms with E-state index in [-0.39, 0.29) is 11.2 Å². The molecule has 2 heteroatoms. The molecule has 0 aromatic carbocycles. The zero-order valence-corrected chi connectivity index (χ0v) is 9.20. The molecule has 0 unspecified atom stereocenters. The van der Waals surface area contributed by atoms with Crippen LogP contribution in [0.5, 0.6) is 0 Å². The van der Waals surface area contributed by atoms with Gasteiger partial charge in [-0.15, -0.1) is 11.8 Å². The van der Waals surface area contributed by atoms with Crippen molar-refractivity contribution in [3.8, 4) is 0 Å². The van der Waals surface area contributed by atoms with Crippen molar-refractivity contribution in [3.05, 3.63) is 11.5 Å². The first kappa shape index (κ1) is 11.8. The van der Waals surface area contributed by atoms with Crippen molar-refractivity contribution >= 4 is 17.5 Å². The smallest absolute Gasteiger partial charge is 0.161 e. The van der Waals surface area contributed by atoms with Gasteiger partial charge in [-0.05, 0) is 23.7 Å². The number of hydrogen-bond donors (Lipinski definition) is 0. The molecule has 0 fully saturated rings. The molecule has 0 aromatic rings. The molecular weight excluding hydrogens is 168 g/mol. The summed E-state index contributed by atoms with van der Waals surface area (Å²) in [5.74, 6) is 1.29. The third-order valence-corrected chi connectivity index (χ3v) is 2.35. The highest BCUT2D eigenvalue weighted by molar-refractivity contribution is 8.02. The van der Waals surface area contributed by atoms with Crippen molar-refractivity contribution in [1.29, 1.82) is 0 Å². The summed E-state index contributed by atoms with van der Waals surface area (Å²) in [4.78, 5) is 11.3. The molecule has 12 heavy (non-hydrogen) atoms. The molecule has 0 rings (SSSR count). The van der Waals surface area contributed by atoms with Gasteiger partial charge in [-0.1, -0.05) is 27.7 Å². The molecule has 0 aliphatic carbocycles. The number of allylic oxidation sites excluding steroid dienone is 1. The molecule has 70 valence electrons. The molecule has 0 aromatic heterocycles. The third-order valence-electron chi connectivity index (χ3n) is 1.38. The Kier molecular flexibility index (Phi) is 5.31. The van der Waals surface area contributed by atoms with Crippen LogP contribution < -0.4 is 0 Å². The first-order chi connectivity index (χ1) is 5.48. The van der Waals surface area contributed by atoms with Crippen LogP contribution in [0.2, 0.25) is 0 Å². The highest BCUT2D eigenvalue weighted by Crippen LogP contribution is 2.16. The third kappa shape index (κ3) is 5.42. The molecule has 0 heterocycles. The maximum Gasteiger partial charge on any atom is 0.161 e. The monoisotopic (exact) mass is 186 g/mol. The zero-order valence-electron chi connectivity index (χ0n) is 8.39. The molecule has 0 saturated carbocycles. The van der Waals surface area contributed by atoms with Gasteiger partial charge in [0.2, 0.25) is 0 Å². The van der Waals surface area contributed by atoms with E-state index in [1.165, 1.54) is 0 Å². The number of carbonyl (C=O) groups excluding carboxylic acids is 1. The minimum absolute atomic E-state index is 0.200. The van der Waals surface area contributed by atoms with Crippen molar-refractivity contribution < 1.29 is 4.79 Å². The van der Waals surface area contributed by atoms with Gasteiger partial charge in [0.1, 0.15) is 0 Å². The standard InChI is InChI=1S/C10H18OS/c1-5-7-12-8-6-9(11)10(2,3)4/h6,8H,5,7H2,1-4H3. The number of rotatable bonds is 4. The predicted octanol–water partition coefficient (Wildman–Crippen LogP) is 3.26. The maximum absolute atomic E-state index is 11.3. The molecule has 0 bridgehead atoms. The molecule has 0 spiro atoms. The Hall–Kier alpha value is -0.240. The molecular formula is C10H18OS. The fourth-order valence-corrected chi connectivity index (χ4v) is 1.14. The van der Waals surface area contributed by atoms with Gasteiger partial charge in [0, 0.05) is 5.41 Å². The highest BCUT2D eigenvalue weighted by atomic mass is 32.2. The summed E-state index contributed by atoms with van der Waals surface area (Å²) >= 11 is 1.70. The van der Waals surface area contributed by atoms with Gasteiger partial charge in [-0.2, -0.15) is 0 Å². The van der Waals surface area contributed by atoms with Crippen LogP contribution in [0.1, 0.15) is 34.1 Å². The van der Waals surface area contributed by atoms with Gasteiger partial charge in [0.15, 0.2) is 5.78 Å². The highest BCUT2D eigenvalue weighted by Gasteiger charge is 2.17. The number of hydrogen-bond acceptors (Lipinski definition) is 2. The second kappa shape index (κ2) is 5.41. The second-order valence-electron chi connectivity index (χ2n) is 3.79. The molecule has 0 N–H and O–H groups in total. The van der Waals surface area contributed by atoms with Crippen LogP contribution in [-0.2, 0) is 4.79 Å². The number of thioether (sulfide) groups is 1. The summed E-state index contributed by atoms with van der Waals surface area (Å²) < 4.78 is 0. The summed E-state index contributed by atoms with van der Waals surface area (Å²) in [6.07, 6.45) is 2.83. The minimum Gasteiger partial charge on any atom is -0.294 e. The zero-order chi connectivity index (χ0) is 9.61. The van der Waals surface area contributed by atoms with E-state index < -0.39 is 0 Å². The van der Waals surface area contributed by atoms with Crippen molar-refractivity contribution in [3.63, 3.8) is 0 Å². The quantitative estimate of drug-likeness (QED) is 0.495. The van der Waals surface area contributed by atoms with Crippen LogP contribution in [-0.4, -0.2) is 11.5 Å². The van der Waals surface area contributed by atoms with Gasteiger partial charge >= 0.3 is 0 Å². The van der Waals surface area contributed by atoms with E-state index in [2.05, 4.69) is 6.92 Å². The van der Waals surface area contributed by atoms with Crippen LogP contribution in [0.15, 0.2) is 11.5 Å². The van der Waals surface area contributed by atoms with Crippen LogP contribution >= 0.6 is 11.8 Å². The molecule has 1 nitrogen and oxygen atoms in total. The Balaban J connectivity index is 3.77. The van der Waals surface area contributed by atoms with Crippen molar-refractivity contribution in [1.82, 2.24) is 0 Å². The maximum atomic E-state index is 11.3. The summed E-state index contributed by atoms with van der Waals surface area (Å²) in [5.41, 5.74) is -0.233. The van der Waals surface area contributed by atoms with E-state index in [4.69, 9.17) is 0 Å². The number of ketones is 1. The van der Waals surface area contributed by atoms with Gasteiger partial charge in [0.05, 0.1) is 0 Å². The first-order valence-corrected chi connectivity index (χ1v) is 5.36. The lowest BCUT2D eigenvalue weighted by atomic mass is 9.91. The Labute approximate surface area is 79.6 Å². The largest absolute Gasteiger partial charge is 0.294 e. The van der Waals surface area contributed by atoms with E-state index in [9.17, 15) is 4.79 Å². The van der Waals surface area contributed by atoms with Crippen molar-refractivity contribution in [2.24, 2.45) is 5.41 Å². The summed E-state index contributed by atoms with van der Waals surface area (Å²) in [6, 6.07) is 0. The first-order valence-electron chi connectivity index (χ1n) is 4.31. The minimum atomic E-state index is -0.233. The molecule has 0 aliphatic heterocycles. The van der Waals surface area contributed by atoms with Crippen molar-refractivity contribution in [2.75, 3.05) is 5.75 Å². The van der Waals surface area contributed by atoms with E-state index >= 15 is 0 Å². The fraction of sp³-hybridized carbons (Fsp3) is 0.700. The van der Waals surface area contributed by atoms with Crippen LogP contribution in [0, 0.1) is 5.41 Å². The van der Waals surface area contributed by atoms with Gasteiger partial charge in [0.25, 0.3) is 0 Å². The van der Waals surface area contributed by atoms with E-state index in [0.717, 1.165) is 12.2 Å². The molecule has 0 amide bonds. The summed E-state index contributed by atoms with van der Waals surface area (Å²) in [6.45, 7) is 7.94. The lowest BCUT2D eigenvalue weighted by molar-refractivity contribution is -0.121.